The van der Waals surface area contributed by atoms with Gasteiger partial charge in [-0.3, -0.25) is 0 Å². The number of carboxylic acid groups (broad SMARTS) is 1. The Labute approximate surface area is 108 Å². The molecular formula is C12H24O6. The summed E-state index contributed by atoms with van der Waals surface area (Å²) in [5.74, 6) is -3.23. The minimum absolute atomic E-state index is 0.202. The second-order valence-corrected chi connectivity index (χ2v) is 3.69. The van der Waals surface area contributed by atoms with Gasteiger partial charge in [0.1, 0.15) is 0 Å². The highest BCUT2D eigenvalue weighted by molar-refractivity contribution is 5.73. The van der Waals surface area contributed by atoms with Crippen molar-refractivity contribution in [1.82, 2.24) is 0 Å². The summed E-state index contributed by atoms with van der Waals surface area (Å²) in [7, 11) is 1.62. The monoisotopic (exact) mass is 264 g/mol. The highest BCUT2D eigenvalue weighted by Crippen LogP contribution is 2.17. The predicted molar refractivity (Wildman–Crippen MR) is 65.3 cm³/mol. The summed E-state index contributed by atoms with van der Waals surface area (Å²) in [6.45, 7) is 4.92. The largest absolute Gasteiger partial charge is 0.475 e. The standard InChI is InChI=1S/C12H24O6/c1-4-8-17-12(11(13)14,16-5-2)18-10-7-6-9-15-3/h4-10H2,1-3H3,(H,13,14). The quantitative estimate of drug-likeness (QED) is 0.426. The van der Waals surface area contributed by atoms with Crippen LogP contribution in [0.5, 0.6) is 0 Å². The third-order valence-electron chi connectivity index (χ3n) is 2.13. The van der Waals surface area contributed by atoms with Crippen molar-refractivity contribution in [3.8, 4) is 0 Å². The average Bonchev–Trinajstić information content (AvgIpc) is 2.35. The van der Waals surface area contributed by atoms with Crippen molar-refractivity contribution < 1.29 is 28.8 Å². The summed E-state index contributed by atoms with van der Waals surface area (Å²) in [4.78, 5) is 11.2. The topological polar surface area (TPSA) is 74.2 Å². The average molecular weight is 264 g/mol. The van der Waals surface area contributed by atoms with Crippen LogP contribution in [-0.4, -0.2) is 50.6 Å². The first-order chi connectivity index (χ1) is 8.63. The van der Waals surface area contributed by atoms with Crippen LogP contribution >= 0.6 is 0 Å². The number of carbonyl (C=O) groups is 1. The summed E-state index contributed by atoms with van der Waals surface area (Å²) < 4.78 is 20.5. The fourth-order valence-corrected chi connectivity index (χ4v) is 1.29. The fourth-order valence-electron chi connectivity index (χ4n) is 1.29. The molecular weight excluding hydrogens is 240 g/mol. The first kappa shape index (κ1) is 17.3. The molecule has 0 saturated carbocycles. The van der Waals surface area contributed by atoms with E-state index in [2.05, 4.69) is 0 Å². The second kappa shape index (κ2) is 10.3. The Balaban J connectivity index is 4.28. The molecule has 1 N–H and O–H groups in total. The zero-order valence-corrected chi connectivity index (χ0v) is 11.4. The van der Waals surface area contributed by atoms with Gasteiger partial charge in [0.15, 0.2) is 0 Å². The third-order valence-corrected chi connectivity index (χ3v) is 2.13. The van der Waals surface area contributed by atoms with Crippen molar-refractivity contribution >= 4 is 5.97 Å². The Morgan fingerprint density at radius 1 is 1.06 bits per heavy atom. The van der Waals surface area contributed by atoms with Crippen LogP contribution in [0.25, 0.3) is 0 Å². The molecule has 6 nitrogen and oxygen atoms in total. The van der Waals surface area contributed by atoms with Crippen molar-refractivity contribution in [3.63, 3.8) is 0 Å². The van der Waals surface area contributed by atoms with E-state index in [0.29, 0.717) is 19.4 Å². The smallest absolute Gasteiger partial charge is 0.395 e. The van der Waals surface area contributed by atoms with E-state index < -0.39 is 11.9 Å². The SMILES string of the molecule is CCCOC(OCC)(OCCCCOC)C(=O)O. The van der Waals surface area contributed by atoms with Crippen molar-refractivity contribution in [3.05, 3.63) is 0 Å². The molecule has 0 fully saturated rings. The van der Waals surface area contributed by atoms with E-state index in [1.165, 1.54) is 0 Å². The summed E-state index contributed by atoms with van der Waals surface area (Å²) in [5.41, 5.74) is 0. The molecule has 0 aliphatic rings. The number of methoxy groups -OCH3 is 1. The first-order valence-corrected chi connectivity index (χ1v) is 6.27. The van der Waals surface area contributed by atoms with Gasteiger partial charge in [-0.15, -0.1) is 0 Å². The van der Waals surface area contributed by atoms with Gasteiger partial charge >= 0.3 is 11.9 Å². The van der Waals surface area contributed by atoms with Crippen molar-refractivity contribution in [2.45, 2.75) is 39.1 Å². The lowest BCUT2D eigenvalue weighted by Crippen LogP contribution is -2.47. The number of aliphatic carboxylic acids is 1. The number of carboxylic acids is 1. The summed E-state index contributed by atoms with van der Waals surface area (Å²) in [6.07, 6.45) is 2.17. The Morgan fingerprint density at radius 2 is 1.67 bits per heavy atom. The highest BCUT2D eigenvalue weighted by atomic mass is 16.9. The fraction of sp³-hybridized carbons (Fsp3) is 0.917. The molecule has 1 unspecified atom stereocenters. The van der Waals surface area contributed by atoms with Crippen LogP contribution in [-0.2, 0) is 23.7 Å². The zero-order chi connectivity index (χ0) is 13.9. The molecule has 0 aliphatic carbocycles. The van der Waals surface area contributed by atoms with Gasteiger partial charge in [-0.2, -0.15) is 0 Å². The lowest BCUT2D eigenvalue weighted by Gasteiger charge is -2.28. The lowest BCUT2D eigenvalue weighted by atomic mass is 10.3. The van der Waals surface area contributed by atoms with Crippen molar-refractivity contribution in [1.29, 1.82) is 0 Å². The van der Waals surface area contributed by atoms with Crippen LogP contribution in [0.3, 0.4) is 0 Å². The van der Waals surface area contributed by atoms with Gasteiger partial charge < -0.3 is 24.1 Å². The molecule has 1 atom stereocenters. The molecule has 0 heterocycles. The van der Waals surface area contributed by atoms with Crippen molar-refractivity contribution in [2.24, 2.45) is 0 Å². The number of hydrogen-bond donors (Lipinski definition) is 1. The zero-order valence-electron chi connectivity index (χ0n) is 11.4. The molecule has 0 saturated heterocycles. The van der Waals surface area contributed by atoms with E-state index in [1.54, 1.807) is 14.0 Å². The van der Waals surface area contributed by atoms with Crippen molar-refractivity contribution in [2.75, 3.05) is 33.5 Å². The van der Waals surface area contributed by atoms with Gasteiger partial charge in [-0.1, -0.05) is 6.92 Å². The predicted octanol–water partition coefficient (Wildman–Crippen LogP) is 1.63. The molecule has 108 valence electrons. The Hall–Kier alpha value is -0.690. The number of hydrogen-bond acceptors (Lipinski definition) is 5. The van der Waals surface area contributed by atoms with E-state index in [9.17, 15) is 9.90 Å². The molecule has 0 aliphatic heterocycles. The lowest BCUT2D eigenvalue weighted by molar-refractivity contribution is -0.361. The van der Waals surface area contributed by atoms with E-state index in [1.807, 2.05) is 6.92 Å². The maximum Gasteiger partial charge on any atom is 0.395 e. The maximum atomic E-state index is 11.2. The summed E-state index contributed by atoms with van der Waals surface area (Å²) >= 11 is 0. The summed E-state index contributed by atoms with van der Waals surface area (Å²) in [5, 5.41) is 9.18. The van der Waals surface area contributed by atoms with E-state index in [-0.39, 0.29) is 19.8 Å². The number of unbranched alkanes of at least 4 members (excludes halogenated alkanes) is 1. The normalized spacial score (nSPS) is 14.4. The molecule has 6 heteroatoms. The van der Waals surface area contributed by atoms with Crippen LogP contribution in [0.1, 0.15) is 33.1 Å². The molecule has 0 aromatic heterocycles. The van der Waals surface area contributed by atoms with Gasteiger partial charge in [0.25, 0.3) is 0 Å². The Kier molecular flexibility index (Phi) is 9.86. The molecule has 0 spiro atoms. The van der Waals surface area contributed by atoms with Crippen LogP contribution in [0.15, 0.2) is 0 Å². The molecule has 0 amide bonds. The molecule has 18 heavy (non-hydrogen) atoms. The van der Waals surface area contributed by atoms with Crippen LogP contribution in [0.4, 0.5) is 0 Å². The van der Waals surface area contributed by atoms with Crippen LogP contribution in [0, 0.1) is 0 Å². The molecule has 0 bridgehead atoms. The highest BCUT2D eigenvalue weighted by Gasteiger charge is 2.42. The van der Waals surface area contributed by atoms with E-state index >= 15 is 0 Å². The van der Waals surface area contributed by atoms with Gasteiger partial charge in [-0.25, -0.2) is 4.79 Å². The Bertz CT molecular complexity index is 221. The van der Waals surface area contributed by atoms with Crippen LogP contribution in [0.2, 0.25) is 0 Å². The molecule has 0 aromatic rings. The van der Waals surface area contributed by atoms with Gasteiger partial charge in [0.2, 0.25) is 0 Å². The van der Waals surface area contributed by atoms with E-state index in [4.69, 9.17) is 18.9 Å². The third kappa shape index (κ3) is 6.30. The van der Waals surface area contributed by atoms with Gasteiger partial charge in [-0.05, 0) is 26.2 Å². The maximum absolute atomic E-state index is 11.2. The van der Waals surface area contributed by atoms with Crippen LogP contribution < -0.4 is 0 Å². The molecule has 0 radical (unpaired) electrons. The summed E-state index contributed by atoms with van der Waals surface area (Å²) in [6, 6.07) is 0. The minimum atomic E-state index is -1.97. The number of rotatable bonds is 12. The van der Waals surface area contributed by atoms with E-state index in [0.717, 1.165) is 6.42 Å². The number of ether oxygens (including phenoxy) is 4. The molecule has 0 rings (SSSR count). The van der Waals surface area contributed by atoms with Gasteiger partial charge in [0.05, 0.1) is 19.8 Å². The Morgan fingerprint density at radius 3 is 2.17 bits per heavy atom. The minimum Gasteiger partial charge on any atom is -0.475 e. The first-order valence-electron chi connectivity index (χ1n) is 6.27. The second-order valence-electron chi connectivity index (χ2n) is 3.69. The van der Waals surface area contributed by atoms with Gasteiger partial charge in [0, 0.05) is 13.7 Å². The molecule has 0 aromatic carbocycles.